The van der Waals surface area contributed by atoms with Crippen LogP contribution in [0.15, 0.2) is 66.7 Å². The van der Waals surface area contributed by atoms with Crippen molar-refractivity contribution in [2.45, 2.75) is 0 Å². The Morgan fingerprint density at radius 2 is 1.47 bits per heavy atom. The lowest BCUT2D eigenvalue weighted by atomic mass is 10.1. The van der Waals surface area contributed by atoms with E-state index in [9.17, 15) is 14.7 Å². The first-order valence-electron chi connectivity index (χ1n) is 9.15. The molecule has 0 unspecified atom stereocenters. The maximum Gasteiger partial charge on any atom is 0.337 e. The van der Waals surface area contributed by atoms with E-state index in [1.165, 1.54) is 20.3 Å². The number of methoxy groups -OCH3 is 2. The topological polar surface area (TPSA) is 84.9 Å². The van der Waals surface area contributed by atoms with Crippen molar-refractivity contribution in [3.8, 4) is 11.5 Å². The Morgan fingerprint density at radius 3 is 2.07 bits per heavy atom. The molecule has 3 aromatic rings. The zero-order valence-corrected chi connectivity index (χ0v) is 16.6. The van der Waals surface area contributed by atoms with Crippen molar-refractivity contribution in [2.24, 2.45) is 0 Å². The summed E-state index contributed by atoms with van der Waals surface area (Å²) in [5.74, 6) is -0.690. The Balaban J connectivity index is 1.86. The summed E-state index contributed by atoms with van der Waals surface area (Å²) in [6, 6.07) is 19.3. The molecule has 2 N–H and O–H groups in total. The molecule has 30 heavy (non-hydrogen) atoms. The number of benzene rings is 3. The third-order valence-corrected chi connectivity index (χ3v) is 4.40. The van der Waals surface area contributed by atoms with Gasteiger partial charge in [-0.3, -0.25) is 4.79 Å². The van der Waals surface area contributed by atoms with Crippen molar-refractivity contribution in [2.75, 3.05) is 19.5 Å². The lowest BCUT2D eigenvalue weighted by molar-refractivity contribution is 0.0698. The summed E-state index contributed by atoms with van der Waals surface area (Å²) in [5.41, 5.74) is 2.19. The van der Waals surface area contributed by atoms with Crippen molar-refractivity contribution in [1.82, 2.24) is 0 Å². The highest BCUT2D eigenvalue weighted by Gasteiger charge is 2.15. The molecule has 0 saturated carbocycles. The summed E-state index contributed by atoms with van der Waals surface area (Å²) >= 11 is 0. The van der Waals surface area contributed by atoms with Crippen LogP contribution in [-0.4, -0.2) is 31.2 Å². The van der Waals surface area contributed by atoms with Crippen LogP contribution in [0.3, 0.4) is 0 Å². The number of rotatable bonds is 7. The average molecular weight is 403 g/mol. The molecule has 0 heterocycles. The van der Waals surface area contributed by atoms with Crippen LogP contribution < -0.4 is 14.8 Å². The van der Waals surface area contributed by atoms with E-state index in [4.69, 9.17) is 9.47 Å². The number of aromatic carboxylic acids is 1. The molecule has 0 aliphatic heterocycles. The fourth-order valence-corrected chi connectivity index (χ4v) is 2.84. The number of nitrogens with one attached hydrogen (secondary N) is 1. The van der Waals surface area contributed by atoms with Crippen LogP contribution in [-0.2, 0) is 0 Å². The van der Waals surface area contributed by atoms with E-state index in [2.05, 4.69) is 5.32 Å². The molecule has 0 fully saturated rings. The van der Waals surface area contributed by atoms with Gasteiger partial charge in [-0.15, -0.1) is 0 Å². The van der Waals surface area contributed by atoms with Gasteiger partial charge in [-0.2, -0.15) is 0 Å². The van der Waals surface area contributed by atoms with Crippen molar-refractivity contribution < 1.29 is 24.2 Å². The maximum absolute atomic E-state index is 12.7. The first-order chi connectivity index (χ1) is 14.5. The number of hydrogen-bond donors (Lipinski definition) is 2. The molecule has 0 atom stereocenters. The zero-order valence-electron chi connectivity index (χ0n) is 16.6. The van der Waals surface area contributed by atoms with E-state index in [-0.39, 0.29) is 16.8 Å². The first kappa shape index (κ1) is 20.7. The molecule has 6 heteroatoms. The van der Waals surface area contributed by atoms with Gasteiger partial charge >= 0.3 is 5.97 Å². The number of carboxylic acids is 1. The lowest BCUT2D eigenvalue weighted by Crippen LogP contribution is -2.15. The molecule has 3 rings (SSSR count). The second kappa shape index (κ2) is 9.43. The second-order valence-corrected chi connectivity index (χ2v) is 6.41. The van der Waals surface area contributed by atoms with Gasteiger partial charge < -0.3 is 19.9 Å². The Hall–Kier alpha value is -4.06. The third kappa shape index (κ3) is 5.05. The molecule has 0 bridgehead atoms. The van der Waals surface area contributed by atoms with E-state index >= 15 is 0 Å². The molecule has 0 radical (unpaired) electrons. The molecule has 0 spiro atoms. The quantitative estimate of drug-likeness (QED) is 0.552. The minimum Gasteiger partial charge on any atom is -0.497 e. The van der Waals surface area contributed by atoms with Gasteiger partial charge in [0, 0.05) is 11.6 Å². The van der Waals surface area contributed by atoms with Crippen LogP contribution in [0.2, 0.25) is 0 Å². The van der Waals surface area contributed by atoms with Gasteiger partial charge in [0.1, 0.15) is 11.5 Å². The lowest BCUT2D eigenvalue weighted by Gasteiger charge is -2.11. The van der Waals surface area contributed by atoms with E-state index in [1.54, 1.807) is 30.3 Å². The molecule has 152 valence electrons. The summed E-state index contributed by atoms with van der Waals surface area (Å²) in [4.78, 5) is 24.4. The Labute approximate surface area is 174 Å². The largest absolute Gasteiger partial charge is 0.497 e. The summed E-state index contributed by atoms with van der Waals surface area (Å²) < 4.78 is 10.4. The number of ether oxygens (including phenoxy) is 2. The second-order valence-electron chi connectivity index (χ2n) is 6.41. The highest BCUT2D eigenvalue weighted by atomic mass is 16.5. The number of amides is 1. The molecule has 3 aromatic carbocycles. The Bertz CT molecular complexity index is 1070. The van der Waals surface area contributed by atoms with Gasteiger partial charge in [0.15, 0.2) is 0 Å². The molecule has 0 aliphatic rings. The standard InChI is InChI=1S/C24H21NO5/c1-29-19-13-18(14-20(15-19)30-2)23(26)25-22-11-10-17(12-21(22)24(27)28)9-8-16-6-4-3-5-7-16/h3-15H,1-2H3,(H,25,26)(H,27,28). The van der Waals surface area contributed by atoms with E-state index in [0.717, 1.165) is 5.56 Å². The van der Waals surface area contributed by atoms with Crippen LogP contribution in [0, 0.1) is 0 Å². The first-order valence-corrected chi connectivity index (χ1v) is 9.15. The van der Waals surface area contributed by atoms with E-state index in [1.807, 2.05) is 42.5 Å². The summed E-state index contributed by atoms with van der Waals surface area (Å²) in [7, 11) is 2.97. The predicted octanol–water partition coefficient (Wildman–Crippen LogP) is 4.82. The average Bonchev–Trinajstić information content (AvgIpc) is 2.78. The van der Waals surface area contributed by atoms with Crippen molar-refractivity contribution in [3.05, 3.63) is 89.0 Å². The monoisotopic (exact) mass is 403 g/mol. The fraction of sp³-hybridized carbons (Fsp3) is 0.0833. The minimum atomic E-state index is -1.14. The molecule has 6 nitrogen and oxygen atoms in total. The third-order valence-electron chi connectivity index (χ3n) is 4.40. The van der Waals surface area contributed by atoms with E-state index < -0.39 is 11.9 Å². The highest BCUT2D eigenvalue weighted by Crippen LogP contribution is 2.25. The summed E-state index contributed by atoms with van der Waals surface area (Å²) in [5, 5.41) is 12.3. The molecular weight excluding hydrogens is 382 g/mol. The van der Waals surface area contributed by atoms with Crippen LogP contribution in [0.4, 0.5) is 5.69 Å². The van der Waals surface area contributed by atoms with Crippen LogP contribution in [0.1, 0.15) is 31.8 Å². The van der Waals surface area contributed by atoms with Crippen LogP contribution in [0.5, 0.6) is 11.5 Å². The molecule has 0 aromatic heterocycles. The van der Waals surface area contributed by atoms with Crippen molar-refractivity contribution >= 4 is 29.7 Å². The van der Waals surface area contributed by atoms with Gasteiger partial charge in [0.25, 0.3) is 5.91 Å². The minimum absolute atomic E-state index is 0.00609. The number of carbonyl (C=O) groups excluding carboxylic acids is 1. The predicted molar refractivity (Wildman–Crippen MR) is 116 cm³/mol. The Morgan fingerprint density at radius 1 is 0.833 bits per heavy atom. The highest BCUT2D eigenvalue weighted by molar-refractivity contribution is 6.08. The van der Waals surface area contributed by atoms with E-state index in [0.29, 0.717) is 17.1 Å². The van der Waals surface area contributed by atoms with Crippen LogP contribution in [0.25, 0.3) is 12.2 Å². The maximum atomic E-state index is 12.7. The van der Waals surface area contributed by atoms with Gasteiger partial charge in [0.2, 0.25) is 0 Å². The van der Waals surface area contributed by atoms with Crippen LogP contribution >= 0.6 is 0 Å². The van der Waals surface area contributed by atoms with Gasteiger partial charge in [0.05, 0.1) is 25.5 Å². The summed E-state index contributed by atoms with van der Waals surface area (Å²) in [6.45, 7) is 0. The van der Waals surface area contributed by atoms with Gasteiger partial charge in [-0.25, -0.2) is 4.79 Å². The molecule has 0 aliphatic carbocycles. The van der Waals surface area contributed by atoms with Gasteiger partial charge in [-0.1, -0.05) is 48.6 Å². The summed E-state index contributed by atoms with van der Waals surface area (Å²) in [6.07, 6.45) is 3.71. The van der Waals surface area contributed by atoms with Gasteiger partial charge in [-0.05, 0) is 35.4 Å². The van der Waals surface area contributed by atoms with Crippen molar-refractivity contribution in [3.63, 3.8) is 0 Å². The zero-order chi connectivity index (χ0) is 21.5. The number of anilines is 1. The van der Waals surface area contributed by atoms with Crippen molar-refractivity contribution in [1.29, 1.82) is 0 Å². The SMILES string of the molecule is COc1cc(OC)cc(C(=O)Nc2ccc(C=Cc3ccccc3)cc2C(=O)O)c1. The number of carboxylic acid groups (broad SMARTS) is 1. The molecular formula is C24H21NO5. The molecule has 1 amide bonds. The number of carbonyl (C=O) groups is 2. The normalized spacial score (nSPS) is 10.6. The smallest absolute Gasteiger partial charge is 0.337 e. The number of hydrogen-bond acceptors (Lipinski definition) is 4. The Kier molecular flexibility index (Phi) is 6.49. The molecule has 0 saturated heterocycles. The fourth-order valence-electron chi connectivity index (χ4n) is 2.84.